The summed E-state index contributed by atoms with van der Waals surface area (Å²) in [6, 6.07) is 12.0. The highest BCUT2D eigenvalue weighted by Gasteiger charge is 2.19. The zero-order valence-corrected chi connectivity index (χ0v) is 15.6. The molecule has 7 heteroatoms. The van der Waals surface area contributed by atoms with E-state index in [9.17, 15) is 13.2 Å². The molecule has 0 bridgehead atoms. The minimum atomic E-state index is -3.60. The molecule has 1 amide bonds. The van der Waals surface area contributed by atoms with Crippen molar-refractivity contribution in [1.82, 2.24) is 9.62 Å². The highest BCUT2D eigenvalue weighted by atomic mass is 32.2. The standard InChI is InChI=1S/C18H22N2O4S/c1-13-8-9-16(25(22,23)19-2)11-17(13)18(21)20(3)12-14-6-5-7-15(10-14)24-4/h5-11,19H,12H2,1-4H3. The number of methoxy groups -OCH3 is 1. The molecule has 0 unspecified atom stereocenters. The number of nitrogens with zero attached hydrogens (tertiary/aromatic N) is 1. The van der Waals surface area contributed by atoms with Crippen molar-refractivity contribution in [3.05, 3.63) is 59.2 Å². The molecule has 0 fully saturated rings. The summed E-state index contributed by atoms with van der Waals surface area (Å²) in [5.74, 6) is 0.477. The molecule has 0 saturated carbocycles. The van der Waals surface area contributed by atoms with E-state index in [1.165, 1.54) is 19.2 Å². The first-order valence-electron chi connectivity index (χ1n) is 7.71. The van der Waals surface area contributed by atoms with E-state index in [1.54, 1.807) is 32.0 Å². The van der Waals surface area contributed by atoms with E-state index in [1.807, 2.05) is 24.3 Å². The van der Waals surface area contributed by atoms with E-state index in [0.717, 1.165) is 16.9 Å². The molecule has 1 N–H and O–H groups in total. The zero-order chi connectivity index (χ0) is 18.6. The number of carbonyl (C=O) groups is 1. The SMILES string of the molecule is CNS(=O)(=O)c1ccc(C)c(C(=O)N(C)Cc2cccc(OC)c2)c1. The van der Waals surface area contributed by atoms with E-state index < -0.39 is 10.0 Å². The smallest absolute Gasteiger partial charge is 0.254 e. The van der Waals surface area contributed by atoms with Gasteiger partial charge in [0.05, 0.1) is 12.0 Å². The van der Waals surface area contributed by atoms with Gasteiger partial charge >= 0.3 is 0 Å². The van der Waals surface area contributed by atoms with Crippen LogP contribution in [0.15, 0.2) is 47.4 Å². The molecule has 6 nitrogen and oxygen atoms in total. The largest absolute Gasteiger partial charge is 0.497 e. The molecule has 2 aromatic rings. The Morgan fingerprint density at radius 2 is 1.92 bits per heavy atom. The van der Waals surface area contributed by atoms with Crippen LogP contribution < -0.4 is 9.46 Å². The summed E-state index contributed by atoms with van der Waals surface area (Å²) < 4.78 is 31.4. The molecule has 0 radical (unpaired) electrons. The fraction of sp³-hybridized carbons (Fsp3) is 0.278. The quantitative estimate of drug-likeness (QED) is 0.855. The van der Waals surface area contributed by atoms with Gasteiger partial charge in [-0.05, 0) is 49.4 Å². The summed E-state index contributed by atoms with van der Waals surface area (Å²) in [4.78, 5) is 14.4. The van der Waals surface area contributed by atoms with Crippen LogP contribution in [0.5, 0.6) is 5.75 Å². The van der Waals surface area contributed by atoms with Crippen LogP contribution in [0.25, 0.3) is 0 Å². The Labute approximate surface area is 148 Å². The molecule has 0 aliphatic carbocycles. The summed E-state index contributed by atoms with van der Waals surface area (Å²) in [6.07, 6.45) is 0. The number of benzene rings is 2. The highest BCUT2D eigenvalue weighted by Crippen LogP contribution is 2.19. The predicted molar refractivity (Wildman–Crippen MR) is 96.2 cm³/mol. The van der Waals surface area contributed by atoms with Crippen molar-refractivity contribution < 1.29 is 17.9 Å². The predicted octanol–water partition coefficient (Wildman–Crippen LogP) is 2.18. The fourth-order valence-corrected chi connectivity index (χ4v) is 3.19. The number of hydrogen-bond acceptors (Lipinski definition) is 4. The Bertz CT molecular complexity index is 878. The Kier molecular flexibility index (Phi) is 5.81. The van der Waals surface area contributed by atoms with Gasteiger partial charge in [0.2, 0.25) is 10.0 Å². The summed E-state index contributed by atoms with van der Waals surface area (Å²) >= 11 is 0. The Morgan fingerprint density at radius 1 is 1.20 bits per heavy atom. The van der Waals surface area contributed by atoms with Gasteiger partial charge in [0.1, 0.15) is 5.75 Å². The minimum absolute atomic E-state index is 0.0683. The Hall–Kier alpha value is -2.38. The first kappa shape index (κ1) is 19.0. The van der Waals surface area contributed by atoms with Gasteiger partial charge in [-0.25, -0.2) is 13.1 Å². The molecule has 2 aromatic carbocycles. The second-order valence-electron chi connectivity index (χ2n) is 5.70. The van der Waals surface area contributed by atoms with Crippen LogP contribution in [0.3, 0.4) is 0 Å². The third kappa shape index (κ3) is 4.37. The lowest BCUT2D eigenvalue weighted by atomic mass is 10.1. The molecule has 0 saturated heterocycles. The van der Waals surface area contributed by atoms with Gasteiger partial charge in [-0.1, -0.05) is 18.2 Å². The van der Waals surface area contributed by atoms with Crippen LogP contribution in [0, 0.1) is 6.92 Å². The topological polar surface area (TPSA) is 75.7 Å². The first-order chi connectivity index (χ1) is 11.8. The number of nitrogens with one attached hydrogen (secondary N) is 1. The second kappa shape index (κ2) is 7.67. The van der Waals surface area contributed by atoms with Crippen LogP contribution in [0.4, 0.5) is 0 Å². The molecule has 134 valence electrons. The lowest BCUT2D eigenvalue weighted by Crippen LogP contribution is -2.27. The maximum absolute atomic E-state index is 12.8. The third-order valence-corrected chi connectivity index (χ3v) is 5.33. The lowest BCUT2D eigenvalue weighted by molar-refractivity contribution is 0.0784. The van der Waals surface area contributed by atoms with Crippen LogP contribution in [0.1, 0.15) is 21.5 Å². The monoisotopic (exact) mass is 362 g/mol. The van der Waals surface area contributed by atoms with Crippen LogP contribution in [-0.2, 0) is 16.6 Å². The van der Waals surface area contributed by atoms with Crippen molar-refractivity contribution >= 4 is 15.9 Å². The molecular formula is C18H22N2O4S. The molecule has 0 aliphatic heterocycles. The number of sulfonamides is 1. The van der Waals surface area contributed by atoms with Crippen molar-refractivity contribution in [3.63, 3.8) is 0 Å². The summed E-state index contributed by atoms with van der Waals surface area (Å²) in [5.41, 5.74) is 2.01. The number of ether oxygens (including phenoxy) is 1. The van der Waals surface area contributed by atoms with Crippen molar-refractivity contribution in [2.45, 2.75) is 18.4 Å². The molecule has 0 aromatic heterocycles. The average molecular weight is 362 g/mol. The third-order valence-electron chi connectivity index (χ3n) is 3.92. The molecule has 0 heterocycles. The van der Waals surface area contributed by atoms with E-state index >= 15 is 0 Å². The van der Waals surface area contributed by atoms with E-state index in [0.29, 0.717) is 12.1 Å². The minimum Gasteiger partial charge on any atom is -0.497 e. The Balaban J connectivity index is 2.28. The molecule has 0 spiro atoms. The molecule has 2 rings (SSSR count). The van der Waals surface area contributed by atoms with E-state index in [-0.39, 0.29) is 10.8 Å². The van der Waals surface area contributed by atoms with Crippen molar-refractivity contribution in [2.24, 2.45) is 0 Å². The van der Waals surface area contributed by atoms with E-state index in [2.05, 4.69) is 4.72 Å². The number of aryl methyl sites for hydroxylation is 1. The van der Waals surface area contributed by atoms with Gasteiger partial charge in [0.15, 0.2) is 0 Å². The van der Waals surface area contributed by atoms with Gasteiger partial charge in [-0.3, -0.25) is 4.79 Å². The second-order valence-corrected chi connectivity index (χ2v) is 7.58. The summed E-state index contributed by atoms with van der Waals surface area (Å²) in [5, 5.41) is 0. The molecule has 0 aliphatic rings. The van der Waals surface area contributed by atoms with Gasteiger partial charge in [-0.2, -0.15) is 0 Å². The maximum Gasteiger partial charge on any atom is 0.254 e. The number of hydrogen-bond donors (Lipinski definition) is 1. The van der Waals surface area contributed by atoms with Crippen LogP contribution >= 0.6 is 0 Å². The van der Waals surface area contributed by atoms with Crippen molar-refractivity contribution in [1.29, 1.82) is 0 Å². The zero-order valence-electron chi connectivity index (χ0n) is 14.7. The van der Waals surface area contributed by atoms with E-state index in [4.69, 9.17) is 4.74 Å². The van der Waals surface area contributed by atoms with Crippen molar-refractivity contribution in [3.8, 4) is 5.75 Å². The first-order valence-corrected chi connectivity index (χ1v) is 9.19. The normalized spacial score (nSPS) is 11.2. The van der Waals surface area contributed by atoms with Crippen molar-refractivity contribution in [2.75, 3.05) is 21.2 Å². The lowest BCUT2D eigenvalue weighted by Gasteiger charge is -2.19. The van der Waals surface area contributed by atoms with Gasteiger partial charge in [-0.15, -0.1) is 0 Å². The summed E-state index contributed by atoms with van der Waals surface area (Å²) in [7, 11) is 1.01. The maximum atomic E-state index is 12.8. The molecule has 0 atom stereocenters. The Morgan fingerprint density at radius 3 is 2.56 bits per heavy atom. The number of amides is 1. The van der Waals surface area contributed by atoms with Crippen LogP contribution in [-0.4, -0.2) is 40.4 Å². The number of rotatable bonds is 6. The summed E-state index contributed by atoms with van der Waals surface area (Å²) in [6.45, 7) is 2.17. The fourth-order valence-electron chi connectivity index (χ4n) is 2.44. The number of carbonyl (C=O) groups excluding carboxylic acids is 1. The average Bonchev–Trinajstić information content (AvgIpc) is 2.61. The highest BCUT2D eigenvalue weighted by molar-refractivity contribution is 7.89. The van der Waals surface area contributed by atoms with Gasteiger partial charge in [0.25, 0.3) is 5.91 Å². The molecular weight excluding hydrogens is 340 g/mol. The van der Waals surface area contributed by atoms with Gasteiger partial charge < -0.3 is 9.64 Å². The van der Waals surface area contributed by atoms with Gasteiger partial charge in [0, 0.05) is 19.2 Å². The van der Waals surface area contributed by atoms with Crippen LogP contribution in [0.2, 0.25) is 0 Å². The molecule has 25 heavy (non-hydrogen) atoms.